The molecule has 1 saturated heterocycles. The molecule has 0 unspecified atom stereocenters. The molecule has 5 nitrogen and oxygen atoms in total. The maximum absolute atomic E-state index is 12.5. The van der Waals surface area contributed by atoms with Crippen molar-refractivity contribution in [3.63, 3.8) is 0 Å². The lowest BCUT2D eigenvalue weighted by Gasteiger charge is -2.23. The Balaban J connectivity index is 1.48. The zero-order valence-corrected chi connectivity index (χ0v) is 17.8. The summed E-state index contributed by atoms with van der Waals surface area (Å²) in [6, 6.07) is 28.5. The third-order valence-corrected chi connectivity index (χ3v) is 5.76. The predicted octanol–water partition coefficient (Wildman–Crippen LogP) is 5.87. The Morgan fingerprint density at radius 1 is 0.844 bits per heavy atom. The molecule has 5 rings (SSSR count). The molecule has 1 aliphatic heterocycles. The molecule has 1 aromatic heterocycles. The van der Waals surface area contributed by atoms with Gasteiger partial charge in [0.1, 0.15) is 0 Å². The van der Waals surface area contributed by atoms with Crippen LogP contribution in [-0.2, 0) is 4.74 Å². The quantitative estimate of drug-likeness (QED) is 0.431. The Morgan fingerprint density at radius 3 is 2.25 bits per heavy atom. The fourth-order valence-electron chi connectivity index (χ4n) is 4.10. The normalized spacial score (nSPS) is 14.2. The molecule has 32 heavy (non-hydrogen) atoms. The molecule has 2 N–H and O–H groups in total. The second-order valence-electron chi connectivity index (χ2n) is 8.01. The number of fused-ring (bicyclic) bond motifs is 1. The highest BCUT2D eigenvalue weighted by molar-refractivity contribution is 5.96. The van der Waals surface area contributed by atoms with Gasteiger partial charge in [0.05, 0.1) is 11.2 Å². The second kappa shape index (κ2) is 9.20. The molecular weight excluding hydrogens is 398 g/mol. The lowest BCUT2D eigenvalue weighted by molar-refractivity contribution is 0.0806. The topological polar surface area (TPSA) is 63.2 Å². The molecule has 2 heterocycles. The smallest absolute Gasteiger partial charge is 0.319 e. The maximum atomic E-state index is 12.5. The summed E-state index contributed by atoms with van der Waals surface area (Å²) in [4.78, 5) is 17.5. The third kappa shape index (κ3) is 4.48. The van der Waals surface area contributed by atoms with E-state index < -0.39 is 0 Å². The summed E-state index contributed by atoms with van der Waals surface area (Å²) in [5.41, 5.74) is 5.83. The van der Waals surface area contributed by atoms with Crippen molar-refractivity contribution < 1.29 is 9.53 Å². The van der Waals surface area contributed by atoms with Gasteiger partial charge >= 0.3 is 6.03 Å². The third-order valence-electron chi connectivity index (χ3n) is 5.76. The summed E-state index contributed by atoms with van der Waals surface area (Å²) in [5, 5.41) is 6.98. The Hall–Kier alpha value is -3.70. The van der Waals surface area contributed by atoms with Crippen molar-refractivity contribution in [1.82, 2.24) is 10.3 Å². The second-order valence-corrected chi connectivity index (χ2v) is 8.01. The molecule has 0 spiro atoms. The molecular formula is C27H25N3O2. The van der Waals surface area contributed by atoms with Crippen molar-refractivity contribution >= 4 is 22.6 Å². The van der Waals surface area contributed by atoms with Crippen molar-refractivity contribution in [2.24, 2.45) is 0 Å². The standard InChI is InChI=1S/C27H25N3O2/c31-27(28-22-13-15-32-16-14-22)29-23-11-12-25-21(17-23)18-24(19-7-3-1-4-8-19)26(30-25)20-9-5-2-6-10-20/h1-12,17-18,22H,13-16H2,(H2,28,29,31). The van der Waals surface area contributed by atoms with Gasteiger partial charge in [-0.2, -0.15) is 0 Å². The lowest BCUT2D eigenvalue weighted by Crippen LogP contribution is -2.41. The number of anilines is 1. The summed E-state index contributed by atoms with van der Waals surface area (Å²) < 4.78 is 5.36. The van der Waals surface area contributed by atoms with Crippen LogP contribution in [0.1, 0.15) is 12.8 Å². The number of carbonyl (C=O) groups is 1. The van der Waals surface area contributed by atoms with Crippen molar-refractivity contribution in [3.8, 4) is 22.4 Å². The van der Waals surface area contributed by atoms with Gasteiger partial charge in [-0.25, -0.2) is 9.78 Å². The highest BCUT2D eigenvalue weighted by atomic mass is 16.5. The maximum Gasteiger partial charge on any atom is 0.319 e. The van der Waals surface area contributed by atoms with Crippen molar-refractivity contribution in [2.75, 3.05) is 18.5 Å². The van der Waals surface area contributed by atoms with E-state index >= 15 is 0 Å². The van der Waals surface area contributed by atoms with Crippen LogP contribution in [0.25, 0.3) is 33.3 Å². The van der Waals surface area contributed by atoms with Crippen LogP contribution in [0.3, 0.4) is 0 Å². The number of carbonyl (C=O) groups excluding carboxylic acids is 1. The number of ether oxygens (including phenoxy) is 1. The summed E-state index contributed by atoms with van der Waals surface area (Å²) in [7, 11) is 0. The van der Waals surface area contributed by atoms with E-state index in [9.17, 15) is 4.79 Å². The number of hydrogen-bond acceptors (Lipinski definition) is 3. The zero-order valence-electron chi connectivity index (χ0n) is 17.8. The van der Waals surface area contributed by atoms with Gasteiger partial charge in [0.25, 0.3) is 0 Å². The number of nitrogens with one attached hydrogen (secondary N) is 2. The number of nitrogens with zero attached hydrogens (tertiary/aromatic N) is 1. The molecule has 0 saturated carbocycles. The highest BCUT2D eigenvalue weighted by Crippen LogP contribution is 2.34. The number of benzene rings is 3. The average Bonchev–Trinajstić information content (AvgIpc) is 2.85. The van der Waals surface area contributed by atoms with Crippen molar-refractivity contribution in [3.05, 3.63) is 84.9 Å². The molecule has 2 amide bonds. The van der Waals surface area contributed by atoms with Gasteiger partial charge in [0, 0.05) is 41.5 Å². The highest BCUT2D eigenvalue weighted by Gasteiger charge is 2.16. The van der Waals surface area contributed by atoms with Gasteiger partial charge in [-0.1, -0.05) is 60.7 Å². The zero-order chi connectivity index (χ0) is 21.8. The van der Waals surface area contributed by atoms with Gasteiger partial charge in [-0.15, -0.1) is 0 Å². The van der Waals surface area contributed by atoms with Gasteiger partial charge < -0.3 is 15.4 Å². The minimum Gasteiger partial charge on any atom is -0.381 e. The Morgan fingerprint density at radius 2 is 1.53 bits per heavy atom. The van der Waals surface area contributed by atoms with Crippen molar-refractivity contribution in [1.29, 1.82) is 0 Å². The minimum atomic E-state index is -0.187. The Labute approximate surface area is 187 Å². The van der Waals surface area contributed by atoms with E-state index in [4.69, 9.17) is 9.72 Å². The van der Waals surface area contributed by atoms with Crippen LogP contribution in [0.15, 0.2) is 84.9 Å². The van der Waals surface area contributed by atoms with Crippen LogP contribution in [0.5, 0.6) is 0 Å². The summed E-state index contributed by atoms with van der Waals surface area (Å²) in [5.74, 6) is 0. The Bertz CT molecular complexity index is 1220. The molecule has 160 valence electrons. The van der Waals surface area contributed by atoms with Crippen LogP contribution >= 0.6 is 0 Å². The number of urea groups is 1. The molecule has 0 radical (unpaired) electrons. The molecule has 1 fully saturated rings. The van der Waals surface area contributed by atoms with Crippen LogP contribution < -0.4 is 10.6 Å². The predicted molar refractivity (Wildman–Crippen MR) is 129 cm³/mol. The molecule has 0 bridgehead atoms. The SMILES string of the molecule is O=C(Nc1ccc2nc(-c3ccccc3)c(-c3ccccc3)cc2c1)NC1CCOCC1. The van der Waals surface area contributed by atoms with E-state index in [-0.39, 0.29) is 12.1 Å². The summed E-state index contributed by atoms with van der Waals surface area (Å²) in [6.07, 6.45) is 1.69. The number of hydrogen-bond donors (Lipinski definition) is 2. The van der Waals surface area contributed by atoms with E-state index in [2.05, 4.69) is 41.0 Å². The summed E-state index contributed by atoms with van der Waals surface area (Å²) in [6.45, 7) is 1.39. The Kier molecular flexibility index (Phi) is 5.81. The van der Waals surface area contributed by atoms with Crippen LogP contribution in [-0.4, -0.2) is 30.3 Å². The first kappa shape index (κ1) is 20.2. The van der Waals surface area contributed by atoms with Gasteiger partial charge in [-0.05, 0) is 42.7 Å². The minimum absolute atomic E-state index is 0.156. The fraction of sp³-hybridized carbons (Fsp3) is 0.185. The van der Waals surface area contributed by atoms with Gasteiger partial charge in [0.2, 0.25) is 0 Å². The van der Waals surface area contributed by atoms with Crippen LogP contribution in [0, 0.1) is 0 Å². The van der Waals surface area contributed by atoms with Crippen molar-refractivity contribution in [2.45, 2.75) is 18.9 Å². The molecule has 0 atom stereocenters. The van der Waals surface area contributed by atoms with E-state index in [0.29, 0.717) is 13.2 Å². The molecule has 1 aliphatic rings. The summed E-state index contributed by atoms with van der Waals surface area (Å²) >= 11 is 0. The number of rotatable bonds is 4. The lowest BCUT2D eigenvalue weighted by atomic mass is 9.97. The molecule has 0 aliphatic carbocycles. The van der Waals surface area contributed by atoms with Crippen LogP contribution in [0.4, 0.5) is 10.5 Å². The number of amides is 2. The first-order chi connectivity index (χ1) is 15.8. The van der Waals surface area contributed by atoms with E-state index in [1.165, 1.54) is 0 Å². The van der Waals surface area contributed by atoms with E-state index in [0.717, 1.165) is 51.8 Å². The molecule has 3 aromatic carbocycles. The van der Waals surface area contributed by atoms with Gasteiger partial charge in [0.15, 0.2) is 0 Å². The van der Waals surface area contributed by atoms with E-state index in [1.807, 2.05) is 54.6 Å². The first-order valence-corrected chi connectivity index (χ1v) is 11.0. The van der Waals surface area contributed by atoms with Gasteiger partial charge in [-0.3, -0.25) is 0 Å². The monoisotopic (exact) mass is 423 g/mol. The first-order valence-electron chi connectivity index (χ1n) is 11.0. The van der Waals surface area contributed by atoms with E-state index in [1.54, 1.807) is 0 Å². The largest absolute Gasteiger partial charge is 0.381 e. The van der Waals surface area contributed by atoms with Crippen LogP contribution in [0.2, 0.25) is 0 Å². The number of pyridine rings is 1. The number of aromatic nitrogens is 1. The molecule has 4 aromatic rings. The molecule has 5 heteroatoms. The fourth-order valence-corrected chi connectivity index (χ4v) is 4.10. The average molecular weight is 424 g/mol.